The summed E-state index contributed by atoms with van der Waals surface area (Å²) in [6, 6.07) is 9.47. The first-order valence-corrected chi connectivity index (χ1v) is 12.2. The van der Waals surface area contributed by atoms with Crippen LogP contribution < -0.4 is 0 Å². The molecule has 0 heteroatoms. The van der Waals surface area contributed by atoms with Crippen molar-refractivity contribution in [2.24, 2.45) is 11.8 Å². The molecule has 1 aromatic rings. The Morgan fingerprint density at radius 1 is 0.714 bits per heavy atom. The maximum absolute atomic E-state index is 2.55. The number of hydrogen-bond acceptors (Lipinski definition) is 0. The molecule has 0 N–H and O–H groups in total. The second-order valence-corrected chi connectivity index (χ2v) is 9.47. The average Bonchev–Trinajstić information content (AvgIpc) is 2.74. The zero-order valence-corrected chi connectivity index (χ0v) is 18.5. The quantitative estimate of drug-likeness (QED) is 0.356. The summed E-state index contributed by atoms with van der Waals surface area (Å²) in [5.41, 5.74) is 6.07. The van der Waals surface area contributed by atoms with Gasteiger partial charge in [0, 0.05) is 0 Å². The topological polar surface area (TPSA) is 0 Å². The smallest absolute Gasteiger partial charge is 0.0227 e. The molecule has 0 saturated carbocycles. The summed E-state index contributed by atoms with van der Waals surface area (Å²) < 4.78 is 0. The lowest BCUT2D eigenvalue weighted by Crippen LogP contribution is -2.05. The number of benzene rings is 1. The van der Waals surface area contributed by atoms with Crippen LogP contribution in [0.3, 0.4) is 0 Å². The third-order valence-corrected chi connectivity index (χ3v) is 7.04. The van der Waals surface area contributed by atoms with Gasteiger partial charge in [0.1, 0.15) is 0 Å². The first-order chi connectivity index (χ1) is 13.8. The molecule has 0 fully saturated rings. The largest absolute Gasteiger partial charge is 0.0805 e. The molecule has 154 valence electrons. The van der Waals surface area contributed by atoms with Crippen LogP contribution in [0.25, 0.3) is 11.1 Å². The summed E-state index contributed by atoms with van der Waals surface area (Å²) in [4.78, 5) is 0. The van der Waals surface area contributed by atoms with Gasteiger partial charge in [-0.3, -0.25) is 0 Å². The summed E-state index contributed by atoms with van der Waals surface area (Å²) in [7, 11) is 0. The van der Waals surface area contributed by atoms with Gasteiger partial charge in [0.25, 0.3) is 0 Å². The molecule has 0 heterocycles. The lowest BCUT2D eigenvalue weighted by Gasteiger charge is -2.23. The van der Waals surface area contributed by atoms with E-state index in [9.17, 15) is 0 Å². The Balaban J connectivity index is 1.41. The lowest BCUT2D eigenvalue weighted by molar-refractivity contribution is 0.422. The van der Waals surface area contributed by atoms with Crippen molar-refractivity contribution in [1.29, 1.82) is 0 Å². The Labute approximate surface area is 174 Å². The van der Waals surface area contributed by atoms with Gasteiger partial charge in [0.05, 0.1) is 0 Å². The molecule has 2 aliphatic rings. The molecule has 0 bridgehead atoms. The molecule has 0 aromatic heterocycles. The van der Waals surface area contributed by atoms with Crippen LogP contribution in [-0.4, -0.2) is 0 Å². The molecule has 0 amide bonds. The average molecular weight is 379 g/mol. The van der Waals surface area contributed by atoms with Gasteiger partial charge in [-0.15, -0.1) is 0 Å². The van der Waals surface area contributed by atoms with Crippen molar-refractivity contribution in [1.82, 2.24) is 0 Å². The molecule has 2 unspecified atom stereocenters. The number of hydrogen-bond donors (Lipinski definition) is 0. The van der Waals surface area contributed by atoms with Crippen molar-refractivity contribution >= 4 is 11.1 Å². The van der Waals surface area contributed by atoms with Crippen LogP contribution in [0.5, 0.6) is 0 Å². The van der Waals surface area contributed by atoms with Gasteiger partial charge < -0.3 is 0 Å². The van der Waals surface area contributed by atoms with Crippen molar-refractivity contribution in [2.75, 3.05) is 0 Å². The van der Waals surface area contributed by atoms with E-state index in [0.717, 1.165) is 11.8 Å². The van der Waals surface area contributed by atoms with Crippen molar-refractivity contribution in [3.8, 4) is 0 Å². The van der Waals surface area contributed by atoms with E-state index in [4.69, 9.17) is 0 Å². The highest BCUT2D eigenvalue weighted by Gasteiger charge is 2.16. The van der Waals surface area contributed by atoms with Gasteiger partial charge in [-0.2, -0.15) is 0 Å². The highest BCUT2D eigenvalue weighted by atomic mass is 14.2. The summed E-state index contributed by atoms with van der Waals surface area (Å²) >= 11 is 0. The fraction of sp³-hybridized carbons (Fsp3) is 0.643. The van der Waals surface area contributed by atoms with E-state index < -0.39 is 0 Å². The Kier molecular flexibility index (Phi) is 8.90. The van der Waals surface area contributed by atoms with E-state index >= 15 is 0 Å². The van der Waals surface area contributed by atoms with Crippen molar-refractivity contribution in [2.45, 2.75) is 104 Å². The molecule has 0 spiro atoms. The number of allylic oxidation sites excluding steroid dienone is 4. The highest BCUT2D eigenvalue weighted by molar-refractivity contribution is 5.71. The van der Waals surface area contributed by atoms with Crippen molar-refractivity contribution in [3.63, 3.8) is 0 Å². The number of rotatable bonds is 10. The van der Waals surface area contributed by atoms with Gasteiger partial charge in [0.2, 0.25) is 0 Å². The van der Waals surface area contributed by atoms with Crippen molar-refractivity contribution < 1.29 is 0 Å². The maximum Gasteiger partial charge on any atom is -0.0227 e. The normalized spacial score (nSPS) is 22.6. The molecule has 3 rings (SSSR count). The third-order valence-electron chi connectivity index (χ3n) is 7.04. The molecular formula is C28H42. The standard InChI is InChI=1S/C28H42/c1-3-4-5-6-7-8-9-10-24-13-17-26(18-14-24)28-21-19-27(20-22-28)25-15-11-23(2)12-16-25/h15,17,19-24H,3-14,16,18H2,1-2H3. The zero-order valence-electron chi connectivity index (χ0n) is 18.5. The molecule has 1 aromatic carbocycles. The third kappa shape index (κ3) is 6.64. The fourth-order valence-corrected chi connectivity index (χ4v) is 4.93. The Bertz CT molecular complexity index is 631. The van der Waals surface area contributed by atoms with Gasteiger partial charge in [-0.05, 0) is 72.6 Å². The number of unbranched alkanes of at least 4 members (excludes halogenated alkanes) is 6. The van der Waals surface area contributed by atoms with Gasteiger partial charge in [0.15, 0.2) is 0 Å². The summed E-state index contributed by atoms with van der Waals surface area (Å²) in [5.74, 6) is 1.80. The van der Waals surface area contributed by atoms with Crippen LogP contribution in [0.15, 0.2) is 36.4 Å². The van der Waals surface area contributed by atoms with E-state index in [1.807, 2.05) is 0 Å². The molecular weight excluding hydrogens is 336 g/mol. The van der Waals surface area contributed by atoms with Crippen LogP contribution in [0.1, 0.15) is 115 Å². The summed E-state index contributed by atoms with van der Waals surface area (Å²) in [6.07, 6.45) is 24.3. The zero-order chi connectivity index (χ0) is 19.6. The molecule has 2 aliphatic carbocycles. The molecule has 2 atom stereocenters. The Morgan fingerprint density at radius 3 is 1.82 bits per heavy atom. The van der Waals surface area contributed by atoms with Crippen LogP contribution in [0.4, 0.5) is 0 Å². The van der Waals surface area contributed by atoms with Gasteiger partial charge in [-0.1, -0.05) is 102 Å². The fourth-order valence-electron chi connectivity index (χ4n) is 4.93. The van der Waals surface area contributed by atoms with Gasteiger partial charge >= 0.3 is 0 Å². The minimum atomic E-state index is 0.865. The maximum atomic E-state index is 2.55. The van der Waals surface area contributed by atoms with Crippen LogP contribution in [-0.2, 0) is 0 Å². The minimum absolute atomic E-state index is 0.865. The first-order valence-electron chi connectivity index (χ1n) is 12.2. The Morgan fingerprint density at radius 2 is 1.29 bits per heavy atom. The highest BCUT2D eigenvalue weighted by Crippen LogP contribution is 2.34. The SMILES string of the molecule is CCCCCCCCCC1CC=C(c2ccc(C3=CCC(C)CC3)cc2)CC1. The summed E-state index contributed by atoms with van der Waals surface area (Å²) in [5, 5.41) is 0. The molecule has 28 heavy (non-hydrogen) atoms. The van der Waals surface area contributed by atoms with E-state index in [2.05, 4.69) is 50.3 Å². The summed E-state index contributed by atoms with van der Waals surface area (Å²) in [6.45, 7) is 4.67. The molecule has 0 radical (unpaired) electrons. The second-order valence-electron chi connectivity index (χ2n) is 9.47. The van der Waals surface area contributed by atoms with E-state index in [-0.39, 0.29) is 0 Å². The van der Waals surface area contributed by atoms with Crippen LogP contribution in [0.2, 0.25) is 0 Å². The molecule has 0 saturated heterocycles. The van der Waals surface area contributed by atoms with Crippen LogP contribution >= 0.6 is 0 Å². The lowest BCUT2D eigenvalue weighted by atomic mass is 9.83. The first kappa shape index (κ1) is 21.4. The predicted octanol–water partition coefficient (Wildman–Crippen LogP) is 9.21. The van der Waals surface area contributed by atoms with E-state index in [1.54, 1.807) is 11.1 Å². The van der Waals surface area contributed by atoms with Crippen molar-refractivity contribution in [3.05, 3.63) is 47.5 Å². The van der Waals surface area contributed by atoms with Gasteiger partial charge in [-0.25, -0.2) is 0 Å². The molecule has 0 nitrogen and oxygen atoms in total. The second kappa shape index (κ2) is 11.6. The van der Waals surface area contributed by atoms with Crippen LogP contribution in [0, 0.1) is 11.8 Å². The monoisotopic (exact) mass is 378 g/mol. The van der Waals surface area contributed by atoms with E-state index in [0.29, 0.717) is 0 Å². The minimum Gasteiger partial charge on any atom is -0.0805 e. The predicted molar refractivity (Wildman–Crippen MR) is 125 cm³/mol. The Hall–Kier alpha value is -1.30. The molecule has 0 aliphatic heterocycles. The van der Waals surface area contributed by atoms with E-state index in [1.165, 1.54) is 101 Å².